The molecule has 0 saturated heterocycles. The number of halogens is 1. The Morgan fingerprint density at radius 1 is 1.09 bits per heavy atom. The summed E-state index contributed by atoms with van der Waals surface area (Å²) in [6.45, 7) is 1.74. The van der Waals surface area contributed by atoms with Crippen LogP contribution in [0.5, 0.6) is 0 Å². The molecule has 0 fully saturated rings. The fraction of sp³-hybridized carbons (Fsp3) is 0.176. The molecule has 1 atom stereocenters. The van der Waals surface area contributed by atoms with Gasteiger partial charge in [-0.3, -0.25) is 0 Å². The van der Waals surface area contributed by atoms with E-state index in [4.69, 9.17) is 4.74 Å². The van der Waals surface area contributed by atoms with E-state index in [2.05, 4.69) is 26.6 Å². The first-order valence-electron chi connectivity index (χ1n) is 7.08. The van der Waals surface area contributed by atoms with Crippen LogP contribution < -0.4 is 10.6 Å². The molecule has 0 aliphatic heterocycles. The van der Waals surface area contributed by atoms with Crippen LogP contribution in [0.1, 0.15) is 12.5 Å². The summed E-state index contributed by atoms with van der Waals surface area (Å²) in [7, 11) is 0. The maximum absolute atomic E-state index is 11.9. The topological polar surface area (TPSA) is 67.4 Å². The molecule has 2 rings (SSSR count). The number of hydrogen-bond donors (Lipinski definition) is 2. The van der Waals surface area contributed by atoms with Gasteiger partial charge >= 0.3 is 12.0 Å². The predicted octanol–water partition coefficient (Wildman–Crippen LogP) is 3.70. The Labute approximate surface area is 143 Å². The standard InChI is InChI=1S/C17H17BrN2O3/c1-12(19-17(22)20-15-5-3-2-4-6-15)16(21)23-11-13-7-9-14(18)10-8-13/h2-10,12H,11H2,1H3,(H2,19,20,22)/t12-/m0/s1. The minimum absolute atomic E-state index is 0.165. The minimum Gasteiger partial charge on any atom is -0.459 e. The Hall–Kier alpha value is -2.34. The van der Waals surface area contributed by atoms with Crippen LogP contribution in [0.4, 0.5) is 10.5 Å². The largest absolute Gasteiger partial charge is 0.459 e. The molecule has 0 aromatic heterocycles. The summed E-state index contributed by atoms with van der Waals surface area (Å²) in [5, 5.41) is 5.19. The van der Waals surface area contributed by atoms with Crippen molar-refractivity contribution in [3.8, 4) is 0 Å². The summed E-state index contributed by atoms with van der Waals surface area (Å²) in [6, 6.07) is 15.3. The molecule has 0 radical (unpaired) electrons. The molecule has 0 heterocycles. The van der Waals surface area contributed by atoms with Gasteiger partial charge in [-0.25, -0.2) is 9.59 Å². The van der Waals surface area contributed by atoms with Gasteiger partial charge in [0.15, 0.2) is 0 Å². The highest BCUT2D eigenvalue weighted by atomic mass is 79.9. The van der Waals surface area contributed by atoms with Gasteiger partial charge in [-0.05, 0) is 36.8 Å². The molecule has 0 aliphatic rings. The van der Waals surface area contributed by atoms with Gasteiger partial charge in [-0.1, -0.05) is 46.3 Å². The first-order valence-corrected chi connectivity index (χ1v) is 7.87. The second kappa shape index (κ2) is 8.33. The smallest absolute Gasteiger partial charge is 0.328 e. The first kappa shape index (κ1) is 17.0. The molecule has 2 aromatic rings. The van der Waals surface area contributed by atoms with Crippen LogP contribution in [-0.4, -0.2) is 18.0 Å². The molecular formula is C17H17BrN2O3. The zero-order valence-corrected chi connectivity index (χ0v) is 14.2. The number of benzene rings is 2. The molecule has 2 aromatic carbocycles. The molecule has 0 unspecified atom stereocenters. The number of nitrogens with one attached hydrogen (secondary N) is 2. The Morgan fingerprint density at radius 3 is 2.39 bits per heavy atom. The van der Waals surface area contributed by atoms with Crippen molar-refractivity contribution in [2.75, 3.05) is 5.32 Å². The molecule has 2 amide bonds. The average Bonchev–Trinajstić information content (AvgIpc) is 2.54. The molecule has 0 spiro atoms. The second-order valence-corrected chi connectivity index (χ2v) is 5.84. The van der Waals surface area contributed by atoms with E-state index in [0.29, 0.717) is 5.69 Å². The fourth-order valence-electron chi connectivity index (χ4n) is 1.80. The highest BCUT2D eigenvalue weighted by Crippen LogP contribution is 2.11. The Morgan fingerprint density at radius 2 is 1.74 bits per heavy atom. The SMILES string of the molecule is C[C@H](NC(=O)Nc1ccccc1)C(=O)OCc1ccc(Br)cc1. The van der Waals surface area contributed by atoms with Crippen LogP contribution in [0.2, 0.25) is 0 Å². The lowest BCUT2D eigenvalue weighted by Gasteiger charge is -2.14. The van der Waals surface area contributed by atoms with Crippen LogP contribution >= 0.6 is 15.9 Å². The van der Waals surface area contributed by atoms with Crippen LogP contribution in [0, 0.1) is 0 Å². The molecule has 6 heteroatoms. The summed E-state index contributed by atoms with van der Waals surface area (Å²) >= 11 is 3.34. The van der Waals surface area contributed by atoms with E-state index < -0.39 is 18.0 Å². The van der Waals surface area contributed by atoms with Crippen molar-refractivity contribution in [3.05, 3.63) is 64.6 Å². The van der Waals surface area contributed by atoms with Gasteiger partial charge < -0.3 is 15.4 Å². The Balaban J connectivity index is 1.78. The predicted molar refractivity (Wildman–Crippen MR) is 92.0 cm³/mol. The number of esters is 1. The molecule has 0 saturated carbocycles. The van der Waals surface area contributed by atoms with Crippen LogP contribution in [0.3, 0.4) is 0 Å². The van der Waals surface area contributed by atoms with Crippen molar-refractivity contribution >= 4 is 33.6 Å². The number of urea groups is 1. The Kier molecular flexibility index (Phi) is 6.17. The maximum Gasteiger partial charge on any atom is 0.328 e. The van der Waals surface area contributed by atoms with E-state index >= 15 is 0 Å². The monoisotopic (exact) mass is 376 g/mol. The van der Waals surface area contributed by atoms with Gasteiger partial charge in [0, 0.05) is 10.2 Å². The number of para-hydroxylation sites is 1. The zero-order chi connectivity index (χ0) is 16.7. The minimum atomic E-state index is -0.742. The Bertz CT molecular complexity index is 659. The van der Waals surface area contributed by atoms with Crippen LogP contribution in [-0.2, 0) is 16.1 Å². The van der Waals surface area contributed by atoms with E-state index in [1.807, 2.05) is 42.5 Å². The molecule has 5 nitrogen and oxygen atoms in total. The number of carbonyl (C=O) groups is 2. The number of anilines is 1. The van der Waals surface area contributed by atoms with Crippen molar-refractivity contribution in [1.82, 2.24) is 5.32 Å². The van der Waals surface area contributed by atoms with E-state index in [-0.39, 0.29) is 6.61 Å². The molecule has 120 valence electrons. The number of carbonyl (C=O) groups excluding carboxylic acids is 2. The van der Waals surface area contributed by atoms with E-state index in [1.54, 1.807) is 19.1 Å². The van der Waals surface area contributed by atoms with Crippen LogP contribution in [0.15, 0.2) is 59.1 Å². The highest BCUT2D eigenvalue weighted by Gasteiger charge is 2.17. The van der Waals surface area contributed by atoms with Gasteiger partial charge in [0.05, 0.1) is 0 Å². The van der Waals surface area contributed by atoms with Gasteiger partial charge in [0.25, 0.3) is 0 Å². The molecule has 0 bridgehead atoms. The van der Waals surface area contributed by atoms with Crippen LogP contribution in [0.25, 0.3) is 0 Å². The van der Waals surface area contributed by atoms with Gasteiger partial charge in [-0.2, -0.15) is 0 Å². The lowest BCUT2D eigenvalue weighted by Crippen LogP contribution is -2.41. The highest BCUT2D eigenvalue weighted by molar-refractivity contribution is 9.10. The zero-order valence-electron chi connectivity index (χ0n) is 12.6. The lowest BCUT2D eigenvalue weighted by molar-refractivity contribution is -0.146. The summed E-state index contributed by atoms with van der Waals surface area (Å²) in [5.74, 6) is -0.490. The van der Waals surface area contributed by atoms with E-state index in [1.165, 1.54) is 0 Å². The summed E-state index contributed by atoms with van der Waals surface area (Å²) in [6.07, 6.45) is 0. The number of ether oxygens (including phenoxy) is 1. The number of amides is 2. The van der Waals surface area contributed by atoms with Crippen molar-refractivity contribution in [2.45, 2.75) is 19.6 Å². The van der Waals surface area contributed by atoms with Gasteiger partial charge in [0.2, 0.25) is 0 Å². The molecule has 23 heavy (non-hydrogen) atoms. The molecule has 2 N–H and O–H groups in total. The average molecular weight is 377 g/mol. The normalized spacial score (nSPS) is 11.4. The van der Waals surface area contributed by atoms with E-state index in [9.17, 15) is 9.59 Å². The summed E-state index contributed by atoms with van der Waals surface area (Å²) in [5.41, 5.74) is 1.53. The second-order valence-electron chi connectivity index (χ2n) is 4.92. The van der Waals surface area contributed by atoms with Crippen molar-refractivity contribution in [2.24, 2.45) is 0 Å². The third kappa shape index (κ3) is 5.75. The number of rotatable bonds is 5. The molecule has 0 aliphatic carbocycles. The van der Waals surface area contributed by atoms with Gasteiger partial charge in [-0.15, -0.1) is 0 Å². The fourth-order valence-corrected chi connectivity index (χ4v) is 2.07. The lowest BCUT2D eigenvalue weighted by atomic mass is 10.2. The summed E-state index contributed by atoms with van der Waals surface area (Å²) < 4.78 is 6.14. The van der Waals surface area contributed by atoms with Crippen molar-refractivity contribution in [3.63, 3.8) is 0 Å². The van der Waals surface area contributed by atoms with Crippen molar-refractivity contribution < 1.29 is 14.3 Å². The van der Waals surface area contributed by atoms with Gasteiger partial charge in [0.1, 0.15) is 12.6 Å². The van der Waals surface area contributed by atoms with Crippen molar-refractivity contribution in [1.29, 1.82) is 0 Å². The van der Waals surface area contributed by atoms with E-state index in [0.717, 1.165) is 10.0 Å². The third-order valence-electron chi connectivity index (χ3n) is 3.03. The quantitative estimate of drug-likeness (QED) is 0.781. The number of hydrogen-bond acceptors (Lipinski definition) is 3. The maximum atomic E-state index is 11.9. The molecular weight excluding hydrogens is 360 g/mol. The summed E-state index contributed by atoms with van der Waals surface area (Å²) in [4.78, 5) is 23.7. The first-order chi connectivity index (χ1) is 11.0. The third-order valence-corrected chi connectivity index (χ3v) is 3.56.